The van der Waals surface area contributed by atoms with Crippen molar-refractivity contribution in [3.63, 3.8) is 0 Å². The van der Waals surface area contributed by atoms with Crippen LogP contribution < -0.4 is 11.1 Å². The maximum Gasteiger partial charge on any atom is 0.229 e. The lowest BCUT2D eigenvalue weighted by Gasteiger charge is -2.45. The highest BCUT2D eigenvalue weighted by Crippen LogP contribution is 2.44. The van der Waals surface area contributed by atoms with Crippen LogP contribution in [0.1, 0.15) is 33.6 Å². The van der Waals surface area contributed by atoms with E-state index < -0.39 is 0 Å². The third-order valence-corrected chi connectivity index (χ3v) is 5.02. The van der Waals surface area contributed by atoms with Gasteiger partial charge < -0.3 is 11.1 Å². The molecule has 1 aromatic heterocycles. The van der Waals surface area contributed by atoms with Crippen molar-refractivity contribution in [2.45, 2.75) is 39.7 Å². The van der Waals surface area contributed by atoms with E-state index in [1.54, 1.807) is 5.51 Å². The monoisotopic (exact) mass is 268 g/mol. The molecule has 0 aliphatic heterocycles. The van der Waals surface area contributed by atoms with Gasteiger partial charge in [-0.1, -0.05) is 32.1 Å². The number of anilines is 1. The van der Waals surface area contributed by atoms with Crippen molar-refractivity contribution >= 4 is 22.4 Å². The van der Waals surface area contributed by atoms with Crippen LogP contribution in [0.25, 0.3) is 0 Å². The number of hydrogen-bond donors (Lipinski definition) is 2. The largest absolute Gasteiger partial charge is 0.327 e. The van der Waals surface area contributed by atoms with E-state index in [9.17, 15) is 4.79 Å². The lowest BCUT2D eigenvalue weighted by Crippen LogP contribution is -2.50. The quantitative estimate of drug-likeness (QED) is 0.858. The molecule has 2 rings (SSSR count). The number of carbonyl (C=O) groups excluding carboxylic acids is 1. The topological polar surface area (TPSA) is 80.9 Å². The van der Waals surface area contributed by atoms with Gasteiger partial charge in [0.15, 0.2) is 0 Å². The first-order valence-corrected chi connectivity index (χ1v) is 7.13. The zero-order valence-electron chi connectivity index (χ0n) is 11.0. The van der Waals surface area contributed by atoms with Crippen molar-refractivity contribution in [1.29, 1.82) is 0 Å². The highest BCUT2D eigenvalue weighted by atomic mass is 32.1. The van der Waals surface area contributed by atoms with E-state index in [-0.39, 0.29) is 23.3 Å². The molecule has 0 saturated heterocycles. The van der Waals surface area contributed by atoms with Gasteiger partial charge in [0.25, 0.3) is 0 Å². The van der Waals surface area contributed by atoms with Crippen LogP contribution in [0.5, 0.6) is 0 Å². The highest BCUT2D eigenvalue weighted by molar-refractivity contribution is 7.13. The molecule has 0 bridgehead atoms. The summed E-state index contributed by atoms with van der Waals surface area (Å²) in [5, 5.41) is 11.0. The minimum atomic E-state index is -0.0908. The second-order valence-corrected chi connectivity index (χ2v) is 6.47. The van der Waals surface area contributed by atoms with Gasteiger partial charge in [0.2, 0.25) is 11.0 Å². The van der Waals surface area contributed by atoms with Gasteiger partial charge in [0.05, 0.1) is 0 Å². The summed E-state index contributed by atoms with van der Waals surface area (Å²) in [7, 11) is 0. The number of aromatic nitrogens is 2. The first kappa shape index (κ1) is 13.4. The molecule has 1 amide bonds. The maximum atomic E-state index is 12.3. The van der Waals surface area contributed by atoms with Crippen LogP contribution in [0.15, 0.2) is 5.51 Å². The van der Waals surface area contributed by atoms with Gasteiger partial charge in [0, 0.05) is 12.0 Å². The van der Waals surface area contributed by atoms with Crippen molar-refractivity contribution in [3.8, 4) is 0 Å². The molecule has 1 heterocycles. The van der Waals surface area contributed by atoms with E-state index in [0.29, 0.717) is 11.0 Å². The number of amides is 1. The summed E-state index contributed by atoms with van der Waals surface area (Å²) in [5.74, 6) is 0.350. The molecule has 0 aromatic carbocycles. The number of carbonyl (C=O) groups is 1. The van der Waals surface area contributed by atoms with Crippen LogP contribution in [-0.2, 0) is 4.79 Å². The Morgan fingerprint density at radius 3 is 2.89 bits per heavy atom. The maximum absolute atomic E-state index is 12.3. The fraction of sp³-hybridized carbons (Fsp3) is 0.750. The zero-order valence-corrected chi connectivity index (χ0v) is 11.8. The molecule has 0 radical (unpaired) electrons. The summed E-state index contributed by atoms with van der Waals surface area (Å²) in [6.07, 6.45) is 1.74. The molecule has 1 aromatic rings. The Labute approximate surface area is 111 Å². The molecule has 3 unspecified atom stereocenters. The van der Waals surface area contributed by atoms with Crippen molar-refractivity contribution in [1.82, 2.24) is 10.2 Å². The van der Waals surface area contributed by atoms with E-state index >= 15 is 0 Å². The molecular formula is C12H20N4OS. The van der Waals surface area contributed by atoms with Gasteiger partial charge in [-0.05, 0) is 24.2 Å². The Bertz CT molecular complexity index is 418. The van der Waals surface area contributed by atoms with E-state index in [2.05, 4.69) is 36.3 Å². The fourth-order valence-corrected chi connectivity index (χ4v) is 3.19. The van der Waals surface area contributed by atoms with Gasteiger partial charge in [-0.15, -0.1) is 10.2 Å². The summed E-state index contributed by atoms with van der Waals surface area (Å²) in [6, 6.07) is 0.186. The average molecular weight is 268 g/mol. The van der Waals surface area contributed by atoms with Crippen molar-refractivity contribution < 1.29 is 4.79 Å². The van der Waals surface area contributed by atoms with Crippen molar-refractivity contribution in [3.05, 3.63) is 5.51 Å². The summed E-state index contributed by atoms with van der Waals surface area (Å²) in [6.45, 7) is 6.39. The third kappa shape index (κ3) is 2.40. The lowest BCUT2D eigenvalue weighted by atomic mass is 9.61. The first-order valence-electron chi connectivity index (χ1n) is 6.25. The predicted molar refractivity (Wildman–Crippen MR) is 72.2 cm³/mol. The number of nitrogens with zero attached hydrogens (tertiary/aromatic N) is 2. The molecule has 6 heteroatoms. The molecule has 1 aliphatic carbocycles. The molecule has 3 N–H and O–H groups in total. The lowest BCUT2D eigenvalue weighted by molar-refractivity contribution is -0.127. The van der Waals surface area contributed by atoms with Crippen LogP contribution in [0.4, 0.5) is 5.13 Å². The average Bonchev–Trinajstić information content (AvgIpc) is 2.78. The predicted octanol–water partition coefficient (Wildman–Crippen LogP) is 1.88. The number of hydrogen-bond acceptors (Lipinski definition) is 5. The fourth-order valence-electron chi connectivity index (χ4n) is 2.74. The first-order chi connectivity index (χ1) is 8.43. The molecule has 1 aliphatic rings. The Morgan fingerprint density at radius 2 is 2.28 bits per heavy atom. The Hall–Kier alpha value is -1.01. The van der Waals surface area contributed by atoms with Crippen LogP contribution in [-0.4, -0.2) is 22.1 Å². The van der Waals surface area contributed by atoms with Crippen molar-refractivity contribution in [2.75, 3.05) is 5.32 Å². The van der Waals surface area contributed by atoms with Crippen LogP contribution in [0.2, 0.25) is 0 Å². The van der Waals surface area contributed by atoms with Gasteiger partial charge in [-0.3, -0.25) is 4.79 Å². The molecule has 0 spiro atoms. The Kier molecular flexibility index (Phi) is 3.68. The van der Waals surface area contributed by atoms with E-state index in [0.717, 1.165) is 12.8 Å². The number of nitrogens with one attached hydrogen (secondary N) is 1. The summed E-state index contributed by atoms with van der Waals surface area (Å²) in [5.41, 5.74) is 7.62. The SMILES string of the molecule is CC1C(N)CCC(C(=O)Nc2nncs2)C1(C)C. The molecule has 1 fully saturated rings. The molecule has 3 atom stereocenters. The second-order valence-electron chi connectivity index (χ2n) is 5.64. The second kappa shape index (κ2) is 4.93. The summed E-state index contributed by atoms with van der Waals surface area (Å²) >= 11 is 1.34. The molecular weight excluding hydrogens is 248 g/mol. The Balaban J connectivity index is 2.10. The van der Waals surface area contributed by atoms with Crippen LogP contribution in [0.3, 0.4) is 0 Å². The summed E-state index contributed by atoms with van der Waals surface area (Å²) in [4.78, 5) is 12.3. The summed E-state index contributed by atoms with van der Waals surface area (Å²) < 4.78 is 0. The number of rotatable bonds is 2. The van der Waals surface area contributed by atoms with Gasteiger partial charge in [-0.2, -0.15) is 0 Å². The third-order valence-electron chi connectivity index (χ3n) is 4.41. The Morgan fingerprint density at radius 1 is 1.56 bits per heavy atom. The van der Waals surface area contributed by atoms with Crippen molar-refractivity contribution in [2.24, 2.45) is 23.0 Å². The van der Waals surface area contributed by atoms with Gasteiger partial charge in [-0.25, -0.2) is 0 Å². The van der Waals surface area contributed by atoms with Gasteiger partial charge in [0.1, 0.15) is 5.51 Å². The normalized spacial score (nSPS) is 31.0. The highest BCUT2D eigenvalue weighted by Gasteiger charge is 2.45. The minimum Gasteiger partial charge on any atom is -0.327 e. The molecule has 100 valence electrons. The molecule has 5 nitrogen and oxygen atoms in total. The van der Waals surface area contributed by atoms with Crippen LogP contribution in [0, 0.1) is 17.3 Å². The van der Waals surface area contributed by atoms with E-state index in [1.165, 1.54) is 11.3 Å². The van der Waals surface area contributed by atoms with E-state index in [4.69, 9.17) is 5.73 Å². The van der Waals surface area contributed by atoms with Gasteiger partial charge >= 0.3 is 0 Å². The molecule has 18 heavy (non-hydrogen) atoms. The van der Waals surface area contributed by atoms with E-state index in [1.807, 2.05) is 0 Å². The molecule has 1 saturated carbocycles. The van der Waals surface area contributed by atoms with Crippen LogP contribution >= 0.6 is 11.3 Å². The number of nitrogens with two attached hydrogens (primary N) is 1. The zero-order chi connectivity index (χ0) is 13.3. The standard InChI is InChI=1S/C12H20N4OS/c1-7-9(13)5-4-8(12(7,2)3)10(17)15-11-16-14-6-18-11/h6-9H,4-5,13H2,1-3H3,(H,15,16,17). The smallest absolute Gasteiger partial charge is 0.229 e. The minimum absolute atomic E-state index is 0.0174.